The van der Waals surface area contributed by atoms with E-state index in [9.17, 15) is 9.59 Å². The molecule has 1 aromatic heterocycles. The molecule has 0 bridgehead atoms. The van der Waals surface area contributed by atoms with Gasteiger partial charge in [0.15, 0.2) is 5.82 Å². The van der Waals surface area contributed by atoms with Crippen LogP contribution in [0.2, 0.25) is 0 Å². The lowest BCUT2D eigenvalue weighted by Gasteiger charge is -2.32. The molecule has 7 nitrogen and oxygen atoms in total. The van der Waals surface area contributed by atoms with Crippen molar-refractivity contribution in [3.05, 3.63) is 64.4 Å². The number of piperidine rings is 1. The number of aryl methyl sites for hydroxylation is 1. The highest BCUT2D eigenvalue weighted by molar-refractivity contribution is 5.91. The van der Waals surface area contributed by atoms with Gasteiger partial charge in [0.1, 0.15) is 0 Å². The largest absolute Gasteiger partial charge is 0.355 e. The molecule has 4 rings (SSSR count). The van der Waals surface area contributed by atoms with Gasteiger partial charge >= 0.3 is 0 Å². The molecule has 1 amide bonds. The predicted octanol–water partition coefficient (Wildman–Crippen LogP) is 5.25. The SMILES string of the molecule is CCCN(CCC)c1nn(CCCN2CCC(c3cccc(NC(C)=O)c3)CC2)c(=O)c2ccccc12. The minimum atomic E-state index is -0.0393. The third-order valence-electron chi connectivity index (χ3n) is 7.25. The summed E-state index contributed by atoms with van der Waals surface area (Å²) in [6.45, 7) is 11.5. The number of nitrogens with one attached hydrogen (secondary N) is 1. The quantitative estimate of drug-likeness (QED) is 0.387. The van der Waals surface area contributed by atoms with Gasteiger partial charge in [-0.3, -0.25) is 9.59 Å². The summed E-state index contributed by atoms with van der Waals surface area (Å²) in [7, 11) is 0. The zero-order valence-corrected chi connectivity index (χ0v) is 22.6. The van der Waals surface area contributed by atoms with Gasteiger partial charge in [-0.1, -0.05) is 44.2 Å². The average Bonchev–Trinajstić information content (AvgIpc) is 2.90. The molecule has 3 aromatic rings. The molecule has 0 atom stereocenters. The molecule has 0 spiro atoms. The van der Waals surface area contributed by atoms with Crippen LogP contribution in [0.4, 0.5) is 11.5 Å². The first kappa shape index (κ1) is 26.9. The smallest absolute Gasteiger partial charge is 0.274 e. The molecule has 7 heteroatoms. The van der Waals surface area contributed by atoms with E-state index in [1.165, 1.54) is 5.56 Å². The summed E-state index contributed by atoms with van der Waals surface area (Å²) in [6, 6.07) is 16.1. The topological polar surface area (TPSA) is 70.5 Å². The van der Waals surface area contributed by atoms with Crippen molar-refractivity contribution in [1.82, 2.24) is 14.7 Å². The van der Waals surface area contributed by atoms with Crippen molar-refractivity contribution in [2.24, 2.45) is 0 Å². The fraction of sp³-hybridized carbons (Fsp3) is 0.500. The molecule has 1 aliphatic rings. The minimum absolute atomic E-state index is 0.00468. The maximum atomic E-state index is 13.2. The van der Waals surface area contributed by atoms with Crippen molar-refractivity contribution < 1.29 is 4.79 Å². The van der Waals surface area contributed by atoms with E-state index in [1.807, 2.05) is 36.4 Å². The van der Waals surface area contributed by atoms with Crippen LogP contribution in [0.3, 0.4) is 0 Å². The number of likely N-dealkylation sites (tertiary alicyclic amines) is 1. The molecule has 0 saturated carbocycles. The lowest BCUT2D eigenvalue weighted by molar-refractivity contribution is -0.114. The maximum absolute atomic E-state index is 13.2. The molecule has 37 heavy (non-hydrogen) atoms. The molecule has 1 saturated heterocycles. The third kappa shape index (κ3) is 6.77. The van der Waals surface area contributed by atoms with Crippen LogP contribution in [0.25, 0.3) is 10.8 Å². The first-order chi connectivity index (χ1) is 18.0. The van der Waals surface area contributed by atoms with E-state index in [2.05, 4.69) is 41.1 Å². The summed E-state index contributed by atoms with van der Waals surface area (Å²) in [4.78, 5) is 29.5. The zero-order chi connectivity index (χ0) is 26.2. The number of benzene rings is 2. The predicted molar refractivity (Wildman–Crippen MR) is 153 cm³/mol. The highest BCUT2D eigenvalue weighted by atomic mass is 16.1. The summed E-state index contributed by atoms with van der Waals surface area (Å²) >= 11 is 0. The van der Waals surface area contributed by atoms with Gasteiger partial charge in [0.05, 0.1) is 5.39 Å². The second kappa shape index (κ2) is 12.9. The summed E-state index contributed by atoms with van der Waals surface area (Å²) < 4.78 is 1.69. The van der Waals surface area contributed by atoms with Gasteiger partial charge in [0, 0.05) is 37.6 Å². The van der Waals surface area contributed by atoms with Crippen LogP contribution in [-0.2, 0) is 11.3 Å². The molecule has 1 aliphatic heterocycles. The van der Waals surface area contributed by atoms with Crippen molar-refractivity contribution in [2.75, 3.05) is 42.9 Å². The molecule has 0 aliphatic carbocycles. The maximum Gasteiger partial charge on any atom is 0.274 e. The zero-order valence-electron chi connectivity index (χ0n) is 22.6. The lowest BCUT2D eigenvalue weighted by atomic mass is 9.89. The van der Waals surface area contributed by atoms with E-state index in [-0.39, 0.29) is 11.5 Å². The third-order valence-corrected chi connectivity index (χ3v) is 7.25. The van der Waals surface area contributed by atoms with E-state index in [1.54, 1.807) is 11.6 Å². The highest BCUT2D eigenvalue weighted by Gasteiger charge is 2.21. The Morgan fingerprint density at radius 2 is 1.70 bits per heavy atom. The summed E-state index contributed by atoms with van der Waals surface area (Å²) in [5, 5.41) is 9.48. The molecular formula is C30H41N5O2. The number of aromatic nitrogens is 2. The van der Waals surface area contributed by atoms with Gasteiger partial charge < -0.3 is 15.1 Å². The molecular weight excluding hydrogens is 462 g/mol. The summed E-state index contributed by atoms with van der Waals surface area (Å²) in [5.41, 5.74) is 2.18. The van der Waals surface area contributed by atoms with E-state index in [0.717, 1.165) is 87.1 Å². The van der Waals surface area contributed by atoms with Crippen molar-refractivity contribution in [2.45, 2.75) is 65.3 Å². The van der Waals surface area contributed by atoms with Gasteiger partial charge in [-0.05, 0) is 81.4 Å². The number of fused-ring (bicyclic) bond motifs is 1. The monoisotopic (exact) mass is 503 g/mol. The van der Waals surface area contributed by atoms with Gasteiger partial charge in [-0.2, -0.15) is 5.10 Å². The number of carbonyl (C=O) groups is 1. The molecule has 1 N–H and O–H groups in total. The number of amides is 1. The van der Waals surface area contributed by atoms with Crippen LogP contribution in [0.5, 0.6) is 0 Å². The van der Waals surface area contributed by atoms with Crippen LogP contribution >= 0.6 is 0 Å². The van der Waals surface area contributed by atoms with Crippen LogP contribution in [0.1, 0.15) is 64.4 Å². The Hall–Kier alpha value is -3.19. The van der Waals surface area contributed by atoms with Crippen LogP contribution in [-0.4, -0.2) is 53.3 Å². The fourth-order valence-electron chi connectivity index (χ4n) is 5.47. The second-order valence-electron chi connectivity index (χ2n) is 10.2. The van der Waals surface area contributed by atoms with Crippen molar-refractivity contribution in [3.8, 4) is 0 Å². The first-order valence-corrected chi connectivity index (χ1v) is 13.8. The van der Waals surface area contributed by atoms with Gasteiger partial charge in [0.2, 0.25) is 5.91 Å². The van der Waals surface area contributed by atoms with Gasteiger partial charge in [-0.15, -0.1) is 0 Å². The molecule has 2 aromatic carbocycles. The fourth-order valence-corrected chi connectivity index (χ4v) is 5.47. The number of nitrogens with zero attached hydrogens (tertiary/aromatic N) is 4. The number of hydrogen-bond donors (Lipinski definition) is 1. The first-order valence-electron chi connectivity index (χ1n) is 13.8. The highest BCUT2D eigenvalue weighted by Crippen LogP contribution is 2.29. The molecule has 0 unspecified atom stereocenters. The van der Waals surface area contributed by atoms with E-state index in [4.69, 9.17) is 5.10 Å². The molecule has 0 radical (unpaired) electrons. The molecule has 2 heterocycles. The van der Waals surface area contributed by atoms with E-state index >= 15 is 0 Å². The lowest BCUT2D eigenvalue weighted by Crippen LogP contribution is -2.35. The number of rotatable bonds is 11. The van der Waals surface area contributed by atoms with Crippen molar-refractivity contribution in [1.29, 1.82) is 0 Å². The Morgan fingerprint density at radius 1 is 1.00 bits per heavy atom. The van der Waals surface area contributed by atoms with E-state index < -0.39 is 0 Å². The Bertz CT molecular complexity index is 1240. The summed E-state index contributed by atoms with van der Waals surface area (Å²) in [5.74, 6) is 1.41. The van der Waals surface area contributed by atoms with Crippen LogP contribution in [0.15, 0.2) is 53.3 Å². The standard InChI is InChI=1S/C30H41N5O2/c1-4-16-34(17-5-2)29-27-12-6-7-13-28(27)30(37)35(32-29)19-9-18-33-20-14-24(15-21-33)25-10-8-11-26(22-25)31-23(3)36/h6-8,10-13,22,24H,4-5,9,14-21H2,1-3H3,(H,31,36). The van der Waals surface area contributed by atoms with E-state index in [0.29, 0.717) is 12.5 Å². The second-order valence-corrected chi connectivity index (χ2v) is 10.2. The Kier molecular flexibility index (Phi) is 9.34. The van der Waals surface area contributed by atoms with Gasteiger partial charge in [0.25, 0.3) is 5.56 Å². The number of anilines is 2. The Labute approximate surface area is 220 Å². The number of carbonyl (C=O) groups excluding carboxylic acids is 1. The van der Waals surface area contributed by atoms with Crippen molar-refractivity contribution >= 4 is 28.2 Å². The Morgan fingerprint density at radius 3 is 2.38 bits per heavy atom. The average molecular weight is 504 g/mol. The molecule has 198 valence electrons. The van der Waals surface area contributed by atoms with Crippen LogP contribution in [0, 0.1) is 0 Å². The van der Waals surface area contributed by atoms with Crippen LogP contribution < -0.4 is 15.8 Å². The molecule has 1 fully saturated rings. The number of hydrogen-bond acceptors (Lipinski definition) is 5. The van der Waals surface area contributed by atoms with Gasteiger partial charge in [-0.25, -0.2) is 4.68 Å². The Balaban J connectivity index is 1.38. The minimum Gasteiger partial charge on any atom is -0.355 e. The normalized spacial score (nSPS) is 14.7. The van der Waals surface area contributed by atoms with Crippen molar-refractivity contribution in [3.63, 3.8) is 0 Å². The summed E-state index contributed by atoms with van der Waals surface area (Å²) in [6.07, 6.45) is 5.19.